The van der Waals surface area contributed by atoms with E-state index in [1.165, 1.54) is 66.0 Å². The molecule has 1 atom stereocenters. The molecule has 1 aliphatic rings. The lowest BCUT2D eigenvalue weighted by atomic mass is 9.63. The molecule has 0 saturated carbocycles. The van der Waals surface area contributed by atoms with Crippen molar-refractivity contribution in [2.24, 2.45) is 10.8 Å². The van der Waals surface area contributed by atoms with Crippen LogP contribution in [0.2, 0.25) is 0 Å². The van der Waals surface area contributed by atoms with Crippen LogP contribution >= 0.6 is 0 Å². The molecule has 0 fully saturated rings. The summed E-state index contributed by atoms with van der Waals surface area (Å²) < 4.78 is 7.31. The second kappa shape index (κ2) is 18.7. The van der Waals surface area contributed by atoms with Gasteiger partial charge in [-0.2, -0.15) is 0 Å². The Labute approximate surface area is 469 Å². The molecular weight excluding hydrogens is 971 g/mol. The van der Waals surface area contributed by atoms with Gasteiger partial charge in [-0.1, -0.05) is 152 Å². The number of hydrogen-bond donors (Lipinski definition) is 0. The molecule has 10 aromatic carbocycles. The highest BCUT2D eigenvalue weighted by Gasteiger charge is 2.39. The van der Waals surface area contributed by atoms with Gasteiger partial charge in [0.25, 0.3) is 0 Å². The first-order valence-electron chi connectivity index (χ1n) is 28.2. The number of hydrogen-bond acceptors (Lipinski definition) is 2. The molecule has 1 unspecified atom stereocenters. The Bertz CT molecular complexity index is 4510. The molecule has 0 spiro atoms. The molecule has 390 valence electrons. The average molecular weight is 1040 g/mol. The van der Waals surface area contributed by atoms with Gasteiger partial charge in [0.05, 0.1) is 27.6 Å². The molecule has 80 heavy (non-hydrogen) atoms. The summed E-state index contributed by atoms with van der Waals surface area (Å²) in [6.07, 6.45) is 5.80. The van der Waals surface area contributed by atoms with Crippen LogP contribution in [0.5, 0.6) is 0 Å². The second-order valence-corrected chi connectivity index (χ2v) is 24.2. The summed E-state index contributed by atoms with van der Waals surface area (Å²) in [7, 11) is 0. The molecule has 0 saturated heterocycles. The topological polar surface area (TPSA) is 21.3 Å². The monoisotopic (exact) mass is 1040 g/mol. The zero-order valence-corrected chi connectivity index (χ0v) is 46.7. The molecule has 3 aromatic heterocycles. The number of nitrogens with zero attached hydrogens (tertiary/aromatic N) is 5. The summed E-state index contributed by atoms with van der Waals surface area (Å²) in [5, 5.41) is 6.10. The minimum absolute atomic E-state index is 0.00959. The number of aromatic nitrogens is 3. The standard InChI is InChI=1S/C75H65N5/c1-73(2,3)51-33-38-67-61(45-51)62-46-57(34-39-68(62)78(67)54-27-17-10-18-28-54)76(52-23-13-8-14-24-52)58-35-40-69-63(47-58)64-48-59(36-41-70(64)79(69)55-29-19-11-20-30-55)77(53-25-15-9-16-26-53)60-37-42-71-65(49-60)66-50-75(7,74(4,5)6)44-43-72(66)80(71)56-31-21-12-22-32-56/h8-49H,50H2,1-7H3. The summed E-state index contributed by atoms with van der Waals surface area (Å²) in [4.78, 5) is 4.88. The fourth-order valence-electron chi connectivity index (χ4n) is 12.6. The Balaban J connectivity index is 0.976. The quantitative estimate of drug-likeness (QED) is 0.144. The van der Waals surface area contributed by atoms with Gasteiger partial charge < -0.3 is 23.5 Å². The summed E-state index contributed by atoms with van der Waals surface area (Å²) in [6, 6.07) is 89.5. The molecule has 0 aliphatic heterocycles. The van der Waals surface area contributed by atoms with E-state index in [1.807, 2.05) is 0 Å². The predicted octanol–water partition coefficient (Wildman–Crippen LogP) is 20.7. The van der Waals surface area contributed by atoms with Gasteiger partial charge in [-0.3, -0.25) is 0 Å². The van der Waals surface area contributed by atoms with Crippen molar-refractivity contribution >= 4 is 94.7 Å². The minimum Gasteiger partial charge on any atom is -0.310 e. The average Bonchev–Trinajstić information content (AvgIpc) is 4.20. The van der Waals surface area contributed by atoms with E-state index in [4.69, 9.17) is 0 Å². The number of anilines is 6. The summed E-state index contributed by atoms with van der Waals surface area (Å²) in [6.45, 7) is 16.5. The maximum absolute atomic E-state index is 2.46. The summed E-state index contributed by atoms with van der Waals surface area (Å²) in [5.74, 6) is 0. The number of para-hydroxylation sites is 5. The zero-order valence-electron chi connectivity index (χ0n) is 46.7. The van der Waals surface area contributed by atoms with Gasteiger partial charge in [0.15, 0.2) is 0 Å². The lowest BCUT2D eigenvalue weighted by Gasteiger charge is -2.42. The van der Waals surface area contributed by atoms with E-state index in [2.05, 4.69) is 327 Å². The second-order valence-electron chi connectivity index (χ2n) is 24.2. The summed E-state index contributed by atoms with van der Waals surface area (Å²) in [5.41, 5.74) is 19.9. The molecular formula is C75H65N5. The van der Waals surface area contributed by atoms with Crippen LogP contribution in [0.15, 0.2) is 249 Å². The van der Waals surface area contributed by atoms with E-state index in [9.17, 15) is 0 Å². The summed E-state index contributed by atoms with van der Waals surface area (Å²) >= 11 is 0. The fourth-order valence-corrected chi connectivity index (χ4v) is 12.6. The molecule has 0 radical (unpaired) electrons. The molecule has 0 N–H and O–H groups in total. The lowest BCUT2D eigenvalue weighted by Crippen LogP contribution is -2.34. The highest BCUT2D eigenvalue weighted by Crippen LogP contribution is 2.50. The van der Waals surface area contributed by atoms with Crippen molar-refractivity contribution in [3.8, 4) is 17.1 Å². The Hall–Kier alpha value is -9.32. The van der Waals surface area contributed by atoms with Crippen molar-refractivity contribution < 1.29 is 0 Å². The van der Waals surface area contributed by atoms with E-state index in [0.717, 1.165) is 63.0 Å². The molecule has 5 heteroatoms. The van der Waals surface area contributed by atoms with Crippen LogP contribution in [0.4, 0.5) is 34.1 Å². The first kappa shape index (κ1) is 49.0. The van der Waals surface area contributed by atoms with Crippen LogP contribution < -0.4 is 9.80 Å². The van der Waals surface area contributed by atoms with E-state index >= 15 is 0 Å². The first-order chi connectivity index (χ1) is 38.8. The molecule has 3 heterocycles. The number of benzene rings is 10. The van der Waals surface area contributed by atoms with Gasteiger partial charge in [-0.05, 0) is 185 Å². The van der Waals surface area contributed by atoms with Crippen LogP contribution in [0.3, 0.4) is 0 Å². The number of rotatable bonds is 9. The zero-order chi connectivity index (χ0) is 54.5. The molecule has 0 amide bonds. The van der Waals surface area contributed by atoms with Crippen LogP contribution in [0, 0.1) is 10.8 Å². The van der Waals surface area contributed by atoms with Gasteiger partial charge in [0.1, 0.15) is 0 Å². The van der Waals surface area contributed by atoms with Crippen molar-refractivity contribution in [2.45, 2.75) is 60.3 Å². The fraction of sp³-hybridized carbons (Fsp3) is 0.147. The largest absolute Gasteiger partial charge is 0.310 e. The SMILES string of the molecule is CC(C)(C)c1ccc2c(c1)c1cc(N(c3ccccc3)c3ccc4c(c3)c3cc(N(c5ccccc5)c5ccc6c(c5)c5c(n6-c6ccccc6)C=CC(C)(C(C)(C)C)C5)ccc3n4-c3ccccc3)ccc1n2-c1ccccc1. The van der Waals surface area contributed by atoms with Gasteiger partial charge in [-0.25, -0.2) is 0 Å². The minimum atomic E-state index is -0.0242. The van der Waals surface area contributed by atoms with Crippen molar-refractivity contribution in [3.63, 3.8) is 0 Å². The highest BCUT2D eigenvalue weighted by atomic mass is 15.2. The molecule has 5 nitrogen and oxygen atoms in total. The third kappa shape index (κ3) is 8.05. The number of allylic oxidation sites excluding steroid dienone is 1. The van der Waals surface area contributed by atoms with Crippen LogP contribution in [-0.4, -0.2) is 13.7 Å². The van der Waals surface area contributed by atoms with Gasteiger partial charge in [0, 0.05) is 83.8 Å². The van der Waals surface area contributed by atoms with Crippen LogP contribution in [0.1, 0.15) is 65.3 Å². The molecule has 1 aliphatic carbocycles. The third-order valence-corrected chi connectivity index (χ3v) is 17.4. The van der Waals surface area contributed by atoms with E-state index < -0.39 is 0 Å². The van der Waals surface area contributed by atoms with Crippen molar-refractivity contribution in [2.75, 3.05) is 9.80 Å². The predicted molar refractivity (Wildman–Crippen MR) is 340 cm³/mol. The van der Waals surface area contributed by atoms with Gasteiger partial charge >= 0.3 is 0 Å². The Morgan fingerprint density at radius 3 is 1.07 bits per heavy atom. The molecule has 14 rings (SSSR count). The van der Waals surface area contributed by atoms with E-state index in [0.29, 0.717) is 0 Å². The van der Waals surface area contributed by atoms with Gasteiger partial charge in [-0.15, -0.1) is 0 Å². The smallest absolute Gasteiger partial charge is 0.0542 e. The van der Waals surface area contributed by atoms with E-state index in [1.54, 1.807) is 0 Å². The van der Waals surface area contributed by atoms with Crippen LogP contribution in [-0.2, 0) is 11.8 Å². The molecule has 13 aromatic rings. The Morgan fingerprint density at radius 1 is 0.350 bits per heavy atom. The third-order valence-electron chi connectivity index (χ3n) is 17.4. The van der Waals surface area contributed by atoms with Crippen LogP contribution in [0.25, 0.3) is 77.7 Å². The van der Waals surface area contributed by atoms with E-state index in [-0.39, 0.29) is 16.2 Å². The first-order valence-corrected chi connectivity index (χ1v) is 28.2. The lowest BCUT2D eigenvalue weighted by molar-refractivity contribution is 0.168. The van der Waals surface area contributed by atoms with Crippen molar-refractivity contribution in [1.29, 1.82) is 0 Å². The normalized spacial score (nSPS) is 14.6. The highest BCUT2D eigenvalue weighted by molar-refractivity contribution is 6.14. The number of fused-ring (bicyclic) bond motifs is 9. The maximum atomic E-state index is 2.46. The maximum Gasteiger partial charge on any atom is 0.0542 e. The van der Waals surface area contributed by atoms with Crippen molar-refractivity contribution in [1.82, 2.24) is 13.7 Å². The Kier molecular flexibility index (Phi) is 11.4. The van der Waals surface area contributed by atoms with Gasteiger partial charge in [0.2, 0.25) is 0 Å². The Morgan fingerprint density at radius 2 is 0.688 bits per heavy atom. The molecule has 0 bridgehead atoms. The van der Waals surface area contributed by atoms with Crippen molar-refractivity contribution in [3.05, 3.63) is 266 Å².